The van der Waals surface area contributed by atoms with E-state index < -0.39 is 5.54 Å². The zero-order chi connectivity index (χ0) is 30.2. The number of thiazole rings is 1. The molecule has 0 atom stereocenters. The highest BCUT2D eigenvalue weighted by atomic mass is 32.1. The number of ether oxygens (including phenoxy) is 1. The van der Waals surface area contributed by atoms with E-state index in [2.05, 4.69) is 105 Å². The number of nitrogens with zero attached hydrogens (tertiary/aromatic N) is 4. The van der Waals surface area contributed by atoms with Gasteiger partial charge >= 0.3 is 5.97 Å². The molecule has 1 N–H and O–H groups in total. The van der Waals surface area contributed by atoms with E-state index in [0.29, 0.717) is 17.4 Å². The van der Waals surface area contributed by atoms with Gasteiger partial charge in [-0.25, -0.2) is 4.98 Å². The van der Waals surface area contributed by atoms with Gasteiger partial charge in [0.1, 0.15) is 5.54 Å². The first-order chi connectivity index (χ1) is 21.7. The normalized spacial score (nSPS) is 11.5. The first kappa shape index (κ1) is 28.8. The fourth-order valence-electron chi connectivity index (χ4n) is 5.30. The summed E-state index contributed by atoms with van der Waals surface area (Å²) in [6, 6.07) is 41.7. The van der Waals surface area contributed by atoms with Crippen molar-refractivity contribution in [2.75, 3.05) is 12.0 Å². The number of carbonyl (C=O) groups excluding carboxylic acids is 1. The minimum Gasteiger partial charge on any atom is -0.466 e. The number of aromatic nitrogens is 3. The molecule has 0 aliphatic heterocycles. The summed E-state index contributed by atoms with van der Waals surface area (Å²) in [6.07, 6.45) is 3.95. The van der Waals surface area contributed by atoms with Crippen molar-refractivity contribution in [3.8, 4) is 11.3 Å². The lowest BCUT2D eigenvalue weighted by Crippen LogP contribution is -2.38. The summed E-state index contributed by atoms with van der Waals surface area (Å²) in [5.41, 5.74) is 9.11. The van der Waals surface area contributed by atoms with E-state index in [9.17, 15) is 4.79 Å². The van der Waals surface area contributed by atoms with Crippen molar-refractivity contribution < 1.29 is 9.53 Å². The summed E-state index contributed by atoms with van der Waals surface area (Å²) in [6.45, 7) is 2.14. The molecule has 2 heterocycles. The Morgan fingerprint density at radius 2 is 1.45 bits per heavy atom. The van der Waals surface area contributed by atoms with E-state index in [-0.39, 0.29) is 12.4 Å². The molecule has 44 heavy (non-hydrogen) atoms. The maximum Gasteiger partial charge on any atom is 0.311 e. The van der Waals surface area contributed by atoms with Crippen molar-refractivity contribution in [2.24, 2.45) is 5.10 Å². The molecule has 8 heteroatoms. The van der Waals surface area contributed by atoms with Crippen molar-refractivity contribution in [1.29, 1.82) is 0 Å². The Morgan fingerprint density at radius 1 is 0.864 bits per heavy atom. The van der Waals surface area contributed by atoms with Crippen LogP contribution < -0.4 is 5.43 Å². The maximum atomic E-state index is 11.7. The lowest BCUT2D eigenvalue weighted by Gasteiger charge is -2.36. The third-order valence-electron chi connectivity index (χ3n) is 7.27. The minimum atomic E-state index is -0.660. The molecule has 7 nitrogen and oxygen atoms in total. The number of hydrazone groups is 1. The molecule has 0 radical (unpaired) electrons. The van der Waals surface area contributed by atoms with Gasteiger partial charge in [-0.15, -0.1) is 11.3 Å². The summed E-state index contributed by atoms with van der Waals surface area (Å²) in [7, 11) is 0. The van der Waals surface area contributed by atoms with Crippen LogP contribution in [0.5, 0.6) is 0 Å². The Labute approximate surface area is 260 Å². The van der Waals surface area contributed by atoms with Crippen molar-refractivity contribution in [1.82, 2.24) is 14.8 Å². The van der Waals surface area contributed by atoms with Crippen LogP contribution in [0.4, 0.5) is 5.13 Å². The third kappa shape index (κ3) is 6.07. The van der Waals surface area contributed by atoms with E-state index in [1.165, 1.54) is 11.3 Å². The first-order valence-corrected chi connectivity index (χ1v) is 15.3. The first-order valence-electron chi connectivity index (χ1n) is 14.4. The molecule has 0 aliphatic carbocycles. The molecular formula is C36H31N5O2S. The van der Waals surface area contributed by atoms with Gasteiger partial charge in [0, 0.05) is 17.1 Å². The second-order valence-electron chi connectivity index (χ2n) is 10.1. The quantitative estimate of drug-likeness (QED) is 0.0729. The molecular weight excluding hydrogens is 566 g/mol. The fourth-order valence-corrected chi connectivity index (χ4v) is 5.96. The summed E-state index contributed by atoms with van der Waals surface area (Å²) in [5, 5.41) is 11.9. The van der Waals surface area contributed by atoms with E-state index in [4.69, 9.17) is 9.84 Å². The number of carbonyl (C=O) groups is 1. The predicted molar refractivity (Wildman–Crippen MR) is 176 cm³/mol. The van der Waals surface area contributed by atoms with Crippen LogP contribution >= 0.6 is 11.3 Å². The summed E-state index contributed by atoms with van der Waals surface area (Å²) in [4.78, 5) is 16.1. The fraction of sp³-hybridized carbons (Fsp3) is 0.111. The Morgan fingerprint density at radius 3 is 2.02 bits per heavy atom. The van der Waals surface area contributed by atoms with E-state index in [0.717, 1.165) is 33.5 Å². The van der Waals surface area contributed by atoms with E-state index in [1.54, 1.807) is 13.1 Å². The highest BCUT2D eigenvalue weighted by Crippen LogP contribution is 2.40. The van der Waals surface area contributed by atoms with Crippen LogP contribution in [0, 0.1) is 0 Å². The number of rotatable bonds is 11. The Balaban J connectivity index is 1.26. The average molecular weight is 598 g/mol. The summed E-state index contributed by atoms with van der Waals surface area (Å²) < 4.78 is 7.06. The van der Waals surface area contributed by atoms with Crippen LogP contribution in [0.2, 0.25) is 0 Å². The molecule has 0 aliphatic rings. The van der Waals surface area contributed by atoms with Crippen molar-refractivity contribution in [3.63, 3.8) is 0 Å². The second kappa shape index (κ2) is 13.3. The van der Waals surface area contributed by atoms with Crippen molar-refractivity contribution in [2.45, 2.75) is 18.9 Å². The maximum absolute atomic E-state index is 11.7. The van der Waals surface area contributed by atoms with E-state index >= 15 is 0 Å². The van der Waals surface area contributed by atoms with Gasteiger partial charge in [0.25, 0.3) is 0 Å². The monoisotopic (exact) mass is 597 g/mol. The van der Waals surface area contributed by atoms with Gasteiger partial charge in [-0.2, -0.15) is 10.2 Å². The van der Waals surface area contributed by atoms with Crippen LogP contribution in [0.1, 0.15) is 34.9 Å². The predicted octanol–water partition coefficient (Wildman–Crippen LogP) is 7.40. The standard InChI is InChI=1S/C36H31N5O2S/c1-2-43-34(42)24-32-26-44-35(38-32)39-37-25-27-18-20-28(21-19-27)33-22-23-41(40-33)36(29-12-6-3-7-13-29,30-14-8-4-9-15-30)31-16-10-5-11-17-31/h3-23,25-26H,2,24H2,1H3,(H,38,39). The number of esters is 1. The zero-order valence-electron chi connectivity index (χ0n) is 24.2. The largest absolute Gasteiger partial charge is 0.466 e. The topological polar surface area (TPSA) is 81.4 Å². The van der Waals surface area contributed by atoms with Gasteiger partial charge in [-0.3, -0.25) is 14.9 Å². The van der Waals surface area contributed by atoms with Crippen LogP contribution in [-0.4, -0.2) is 33.6 Å². The molecule has 0 bridgehead atoms. The van der Waals surface area contributed by atoms with Gasteiger partial charge in [-0.05, 0) is 35.2 Å². The van der Waals surface area contributed by atoms with Gasteiger partial charge in [0.15, 0.2) is 0 Å². The number of hydrogen-bond acceptors (Lipinski definition) is 7. The minimum absolute atomic E-state index is 0.149. The molecule has 6 aromatic rings. The van der Waals surface area contributed by atoms with Gasteiger partial charge in [-0.1, -0.05) is 115 Å². The van der Waals surface area contributed by atoms with Crippen molar-refractivity contribution in [3.05, 3.63) is 161 Å². The highest BCUT2D eigenvalue weighted by Gasteiger charge is 2.39. The number of nitrogens with one attached hydrogen (secondary N) is 1. The molecule has 218 valence electrons. The molecule has 0 saturated heterocycles. The molecule has 0 amide bonds. The molecule has 6 rings (SSSR count). The molecule has 0 spiro atoms. The van der Waals surface area contributed by atoms with Crippen LogP contribution in [-0.2, 0) is 21.5 Å². The van der Waals surface area contributed by atoms with Crippen LogP contribution in [0.25, 0.3) is 11.3 Å². The lowest BCUT2D eigenvalue weighted by atomic mass is 9.77. The molecule has 4 aromatic carbocycles. The highest BCUT2D eigenvalue weighted by molar-refractivity contribution is 7.13. The Bertz CT molecular complexity index is 1740. The molecule has 2 aromatic heterocycles. The second-order valence-corrected chi connectivity index (χ2v) is 10.9. The van der Waals surface area contributed by atoms with Gasteiger partial charge in [0.05, 0.1) is 30.6 Å². The van der Waals surface area contributed by atoms with Gasteiger partial charge in [0.2, 0.25) is 5.13 Å². The lowest BCUT2D eigenvalue weighted by molar-refractivity contribution is -0.142. The van der Waals surface area contributed by atoms with Crippen molar-refractivity contribution >= 4 is 28.7 Å². The van der Waals surface area contributed by atoms with E-state index in [1.807, 2.05) is 47.8 Å². The van der Waals surface area contributed by atoms with Crippen LogP contribution in [0.15, 0.2) is 138 Å². The number of hydrogen-bond donors (Lipinski definition) is 1. The third-order valence-corrected chi connectivity index (χ3v) is 8.07. The smallest absolute Gasteiger partial charge is 0.311 e. The summed E-state index contributed by atoms with van der Waals surface area (Å²) >= 11 is 1.39. The number of benzene rings is 4. The Kier molecular flexibility index (Phi) is 8.70. The van der Waals surface area contributed by atoms with Crippen LogP contribution in [0.3, 0.4) is 0 Å². The Hall–Kier alpha value is -5.34. The SMILES string of the molecule is CCOC(=O)Cc1csc(NN=Cc2ccc(-c3ccn(C(c4ccccc4)(c4ccccc4)c4ccccc4)n3)cc2)n1. The molecule has 0 saturated carbocycles. The zero-order valence-corrected chi connectivity index (χ0v) is 25.0. The molecule has 0 unspecified atom stereocenters. The van der Waals surface area contributed by atoms with Gasteiger partial charge < -0.3 is 4.74 Å². The molecule has 0 fully saturated rings. The average Bonchev–Trinajstić information content (AvgIpc) is 3.74. The summed E-state index contributed by atoms with van der Waals surface area (Å²) in [5.74, 6) is -0.288. The number of anilines is 1.